The van der Waals surface area contributed by atoms with Crippen LogP contribution in [0.25, 0.3) is 0 Å². The van der Waals surface area contributed by atoms with E-state index in [2.05, 4.69) is 25.5 Å². The highest BCUT2D eigenvalue weighted by Crippen LogP contribution is 2.28. The largest absolute Gasteiger partial charge is 0.278 e. The van der Waals surface area contributed by atoms with Gasteiger partial charge >= 0.3 is 0 Å². The van der Waals surface area contributed by atoms with Crippen LogP contribution < -0.4 is 4.72 Å². The Bertz CT molecular complexity index is 779. The minimum absolute atomic E-state index is 0.0325. The molecule has 6 heteroatoms. The van der Waals surface area contributed by atoms with Crippen molar-refractivity contribution in [2.45, 2.75) is 31.1 Å². The number of rotatable bonds is 3. The summed E-state index contributed by atoms with van der Waals surface area (Å²) in [6.07, 6.45) is 0. The van der Waals surface area contributed by atoms with Gasteiger partial charge in [0.15, 0.2) is 0 Å². The quantitative estimate of drug-likeness (QED) is 0.831. The van der Waals surface area contributed by atoms with Gasteiger partial charge in [0.2, 0.25) is 0 Å². The second-order valence-corrected chi connectivity index (χ2v) is 8.53. The average molecular weight is 358 g/mol. The lowest BCUT2D eigenvalue weighted by molar-refractivity contribution is 0.587. The van der Waals surface area contributed by atoms with Gasteiger partial charge in [-0.1, -0.05) is 56.1 Å². The van der Waals surface area contributed by atoms with Gasteiger partial charge < -0.3 is 0 Å². The van der Waals surface area contributed by atoms with Crippen LogP contribution >= 0.6 is 23.2 Å². The van der Waals surface area contributed by atoms with Gasteiger partial charge in [0.25, 0.3) is 10.0 Å². The standard InChI is InChI=1S/C16H17Cl2NO2S/c1-16(2,3)11-4-7-13(8-5-11)22(20,21)19-15-9-6-12(17)10-14(15)18/h4-10,19H,1-3H3. The molecule has 0 aromatic heterocycles. The van der Waals surface area contributed by atoms with E-state index in [1.807, 2.05) is 12.1 Å². The molecule has 2 rings (SSSR count). The van der Waals surface area contributed by atoms with Gasteiger partial charge in [-0.25, -0.2) is 8.42 Å². The third-order valence-electron chi connectivity index (χ3n) is 3.21. The summed E-state index contributed by atoms with van der Waals surface area (Å²) in [6, 6.07) is 11.4. The maximum atomic E-state index is 12.4. The van der Waals surface area contributed by atoms with Crippen LogP contribution in [-0.4, -0.2) is 8.42 Å². The zero-order valence-electron chi connectivity index (χ0n) is 12.5. The molecule has 0 atom stereocenters. The molecule has 0 aliphatic carbocycles. The molecule has 0 fully saturated rings. The average Bonchev–Trinajstić information content (AvgIpc) is 2.41. The number of hydrogen-bond acceptors (Lipinski definition) is 2. The minimum atomic E-state index is -3.69. The minimum Gasteiger partial charge on any atom is -0.278 e. The first kappa shape index (κ1) is 17.1. The fourth-order valence-electron chi connectivity index (χ4n) is 1.91. The summed E-state index contributed by atoms with van der Waals surface area (Å²) in [7, 11) is -3.69. The smallest absolute Gasteiger partial charge is 0.261 e. The van der Waals surface area contributed by atoms with Crippen molar-refractivity contribution in [2.24, 2.45) is 0 Å². The Morgan fingerprint density at radius 2 is 1.55 bits per heavy atom. The van der Waals surface area contributed by atoms with E-state index < -0.39 is 10.0 Å². The first-order chi connectivity index (χ1) is 10.1. The monoisotopic (exact) mass is 357 g/mol. The summed E-state index contributed by atoms with van der Waals surface area (Å²) in [5, 5.41) is 0.699. The van der Waals surface area contributed by atoms with Crippen LogP contribution in [0.1, 0.15) is 26.3 Å². The predicted molar refractivity (Wildman–Crippen MR) is 92.4 cm³/mol. The predicted octanol–water partition coefficient (Wildman–Crippen LogP) is 5.09. The molecule has 118 valence electrons. The molecule has 0 saturated heterocycles. The maximum Gasteiger partial charge on any atom is 0.261 e. The SMILES string of the molecule is CC(C)(C)c1ccc(S(=O)(=O)Nc2ccc(Cl)cc2Cl)cc1. The Kier molecular flexibility index (Phi) is 4.76. The van der Waals surface area contributed by atoms with E-state index in [0.29, 0.717) is 10.7 Å². The van der Waals surface area contributed by atoms with Crippen LogP contribution in [-0.2, 0) is 15.4 Å². The Labute approximate surface area is 141 Å². The van der Waals surface area contributed by atoms with Gasteiger partial charge in [0.1, 0.15) is 0 Å². The Balaban J connectivity index is 2.31. The van der Waals surface area contributed by atoms with E-state index in [-0.39, 0.29) is 15.3 Å². The van der Waals surface area contributed by atoms with Crippen LogP contribution in [0.4, 0.5) is 5.69 Å². The number of halogens is 2. The summed E-state index contributed by atoms with van der Waals surface area (Å²) >= 11 is 11.8. The Hall–Kier alpha value is -1.23. The van der Waals surface area contributed by atoms with Crippen molar-refractivity contribution in [1.82, 2.24) is 0 Å². The summed E-state index contributed by atoms with van der Waals surface area (Å²) in [6.45, 7) is 6.22. The molecule has 0 unspecified atom stereocenters. The summed E-state index contributed by atoms with van der Waals surface area (Å²) in [5.41, 5.74) is 1.33. The molecule has 2 aromatic rings. The van der Waals surface area contributed by atoms with Crippen molar-refractivity contribution in [2.75, 3.05) is 4.72 Å². The molecule has 0 bridgehead atoms. The van der Waals surface area contributed by atoms with Gasteiger partial charge in [-0.15, -0.1) is 0 Å². The van der Waals surface area contributed by atoms with E-state index in [0.717, 1.165) is 5.56 Å². The molecule has 0 radical (unpaired) electrons. The van der Waals surface area contributed by atoms with Crippen molar-refractivity contribution in [1.29, 1.82) is 0 Å². The second-order valence-electron chi connectivity index (χ2n) is 6.00. The molecule has 1 N–H and O–H groups in total. The molecule has 0 aliphatic heterocycles. The fourth-order valence-corrected chi connectivity index (χ4v) is 3.50. The van der Waals surface area contributed by atoms with Crippen LogP contribution in [0.15, 0.2) is 47.4 Å². The molecular weight excluding hydrogens is 341 g/mol. The molecule has 0 saturated carbocycles. The number of hydrogen-bond donors (Lipinski definition) is 1. The van der Waals surface area contributed by atoms with Crippen LogP contribution in [0.3, 0.4) is 0 Å². The third kappa shape index (κ3) is 3.94. The lowest BCUT2D eigenvalue weighted by Crippen LogP contribution is -2.15. The lowest BCUT2D eigenvalue weighted by atomic mass is 9.87. The number of nitrogens with one attached hydrogen (secondary N) is 1. The highest BCUT2D eigenvalue weighted by molar-refractivity contribution is 7.92. The maximum absolute atomic E-state index is 12.4. The van der Waals surface area contributed by atoms with E-state index >= 15 is 0 Å². The number of benzene rings is 2. The summed E-state index contributed by atoms with van der Waals surface area (Å²) < 4.78 is 27.3. The van der Waals surface area contributed by atoms with Crippen molar-refractivity contribution in [3.8, 4) is 0 Å². The fraction of sp³-hybridized carbons (Fsp3) is 0.250. The zero-order valence-corrected chi connectivity index (χ0v) is 14.9. The van der Waals surface area contributed by atoms with Crippen molar-refractivity contribution in [3.63, 3.8) is 0 Å². The van der Waals surface area contributed by atoms with Crippen LogP contribution in [0.2, 0.25) is 10.0 Å². The molecular formula is C16H17Cl2NO2S. The Morgan fingerprint density at radius 1 is 0.955 bits per heavy atom. The molecule has 2 aromatic carbocycles. The zero-order chi connectivity index (χ0) is 16.5. The van der Waals surface area contributed by atoms with Crippen LogP contribution in [0, 0.1) is 0 Å². The Morgan fingerprint density at radius 3 is 2.05 bits per heavy atom. The molecule has 0 aliphatic rings. The van der Waals surface area contributed by atoms with Gasteiger partial charge in [0, 0.05) is 5.02 Å². The highest BCUT2D eigenvalue weighted by Gasteiger charge is 2.18. The van der Waals surface area contributed by atoms with Gasteiger partial charge in [-0.05, 0) is 41.3 Å². The molecule has 3 nitrogen and oxygen atoms in total. The van der Waals surface area contributed by atoms with Crippen molar-refractivity contribution < 1.29 is 8.42 Å². The topological polar surface area (TPSA) is 46.2 Å². The van der Waals surface area contributed by atoms with E-state index in [1.54, 1.807) is 18.2 Å². The van der Waals surface area contributed by atoms with Crippen molar-refractivity contribution in [3.05, 3.63) is 58.1 Å². The van der Waals surface area contributed by atoms with E-state index in [1.165, 1.54) is 12.1 Å². The number of anilines is 1. The van der Waals surface area contributed by atoms with Gasteiger partial charge in [-0.3, -0.25) is 4.72 Å². The lowest BCUT2D eigenvalue weighted by Gasteiger charge is -2.19. The van der Waals surface area contributed by atoms with E-state index in [9.17, 15) is 8.42 Å². The second kappa shape index (κ2) is 6.11. The van der Waals surface area contributed by atoms with Crippen LogP contribution in [0.5, 0.6) is 0 Å². The normalized spacial score (nSPS) is 12.2. The van der Waals surface area contributed by atoms with Crippen molar-refractivity contribution >= 4 is 38.9 Å². The molecule has 0 amide bonds. The van der Waals surface area contributed by atoms with Gasteiger partial charge in [-0.2, -0.15) is 0 Å². The third-order valence-corrected chi connectivity index (χ3v) is 5.14. The summed E-state index contributed by atoms with van der Waals surface area (Å²) in [4.78, 5) is 0.187. The molecule has 0 heterocycles. The first-order valence-corrected chi connectivity index (χ1v) is 8.92. The summed E-state index contributed by atoms with van der Waals surface area (Å²) in [5.74, 6) is 0. The molecule has 0 spiro atoms. The van der Waals surface area contributed by atoms with Gasteiger partial charge in [0.05, 0.1) is 15.6 Å². The molecule has 22 heavy (non-hydrogen) atoms. The van der Waals surface area contributed by atoms with E-state index in [4.69, 9.17) is 23.2 Å². The number of sulfonamides is 1. The first-order valence-electron chi connectivity index (χ1n) is 6.68. The highest BCUT2D eigenvalue weighted by atomic mass is 35.5.